The molecule has 0 aliphatic rings. The van der Waals surface area contributed by atoms with Crippen LogP contribution < -0.4 is 11.3 Å². The highest BCUT2D eigenvalue weighted by atomic mass is 16.1. The second kappa shape index (κ2) is 6.42. The molecule has 3 N–H and O–H groups in total. The molecule has 4 rings (SSSR count). The quantitative estimate of drug-likeness (QED) is 0.583. The Morgan fingerprint density at radius 1 is 1.26 bits per heavy atom. The summed E-state index contributed by atoms with van der Waals surface area (Å²) in [6.07, 6.45) is 3.76. The fourth-order valence-electron chi connectivity index (χ4n) is 3.17. The number of hydrogen-bond donors (Lipinski definition) is 2. The minimum atomic E-state index is -0.0629. The van der Waals surface area contributed by atoms with Crippen LogP contribution in [0, 0.1) is 6.92 Å². The molecule has 0 saturated carbocycles. The van der Waals surface area contributed by atoms with Crippen molar-refractivity contribution in [3.63, 3.8) is 0 Å². The summed E-state index contributed by atoms with van der Waals surface area (Å²) < 4.78 is 3.62. The van der Waals surface area contributed by atoms with Gasteiger partial charge in [0.1, 0.15) is 5.82 Å². The van der Waals surface area contributed by atoms with Crippen LogP contribution in [0.3, 0.4) is 0 Å². The van der Waals surface area contributed by atoms with Crippen molar-refractivity contribution < 1.29 is 0 Å². The molecule has 138 valence electrons. The Labute approximate surface area is 156 Å². The number of rotatable bonds is 4. The summed E-state index contributed by atoms with van der Waals surface area (Å²) in [5.74, 6) is 0.520. The Bertz CT molecular complexity index is 1140. The second-order valence-corrected chi connectivity index (χ2v) is 7.06. The number of H-pyrrole nitrogens is 1. The van der Waals surface area contributed by atoms with Gasteiger partial charge >= 0.3 is 0 Å². The van der Waals surface area contributed by atoms with E-state index >= 15 is 0 Å². The van der Waals surface area contributed by atoms with Crippen LogP contribution in [0.25, 0.3) is 22.3 Å². The molecular formula is C20H22N6O. The Balaban J connectivity index is 1.77. The Morgan fingerprint density at radius 2 is 2.07 bits per heavy atom. The van der Waals surface area contributed by atoms with Crippen LogP contribution >= 0.6 is 0 Å². The molecule has 0 radical (unpaired) electrons. The highest BCUT2D eigenvalue weighted by Gasteiger charge is 2.12. The van der Waals surface area contributed by atoms with Crippen molar-refractivity contribution in [1.82, 2.24) is 24.3 Å². The van der Waals surface area contributed by atoms with Crippen molar-refractivity contribution in [1.29, 1.82) is 0 Å². The van der Waals surface area contributed by atoms with E-state index < -0.39 is 0 Å². The Hall–Kier alpha value is -3.35. The van der Waals surface area contributed by atoms with E-state index in [0.29, 0.717) is 12.4 Å². The highest BCUT2D eigenvalue weighted by molar-refractivity contribution is 5.79. The third-order valence-electron chi connectivity index (χ3n) is 4.69. The van der Waals surface area contributed by atoms with Gasteiger partial charge in [-0.1, -0.05) is 6.07 Å². The zero-order valence-electron chi connectivity index (χ0n) is 15.6. The lowest BCUT2D eigenvalue weighted by Gasteiger charge is -2.10. The Kier molecular flexibility index (Phi) is 4.07. The van der Waals surface area contributed by atoms with Crippen LogP contribution in [0.15, 0.2) is 47.5 Å². The van der Waals surface area contributed by atoms with E-state index in [2.05, 4.69) is 28.9 Å². The maximum atomic E-state index is 12.6. The lowest BCUT2D eigenvalue weighted by atomic mass is 10.2. The fraction of sp³-hybridized carbons (Fsp3) is 0.250. The van der Waals surface area contributed by atoms with Gasteiger partial charge in [-0.05, 0) is 44.5 Å². The molecule has 0 amide bonds. The summed E-state index contributed by atoms with van der Waals surface area (Å²) in [7, 11) is 0. The average molecular weight is 362 g/mol. The van der Waals surface area contributed by atoms with Crippen LogP contribution in [0.4, 0.5) is 5.82 Å². The fourth-order valence-corrected chi connectivity index (χ4v) is 3.17. The van der Waals surface area contributed by atoms with Gasteiger partial charge in [-0.3, -0.25) is 9.48 Å². The molecule has 4 heterocycles. The topological polar surface area (TPSA) is 94.5 Å². The molecular weight excluding hydrogens is 340 g/mol. The summed E-state index contributed by atoms with van der Waals surface area (Å²) >= 11 is 0. The number of nitrogens with zero attached hydrogens (tertiary/aromatic N) is 4. The van der Waals surface area contributed by atoms with Crippen LogP contribution in [0.1, 0.15) is 31.1 Å². The summed E-state index contributed by atoms with van der Waals surface area (Å²) in [5, 5.41) is 4.39. The van der Waals surface area contributed by atoms with Crippen LogP contribution in [-0.2, 0) is 6.54 Å². The van der Waals surface area contributed by atoms with E-state index in [1.165, 1.54) is 0 Å². The summed E-state index contributed by atoms with van der Waals surface area (Å²) in [4.78, 5) is 20.3. The van der Waals surface area contributed by atoms with Crippen molar-refractivity contribution in [3.05, 3.63) is 64.3 Å². The third-order valence-corrected chi connectivity index (χ3v) is 4.69. The number of pyridine rings is 2. The monoisotopic (exact) mass is 362 g/mol. The molecule has 7 nitrogen and oxygen atoms in total. The van der Waals surface area contributed by atoms with Crippen molar-refractivity contribution in [3.8, 4) is 11.3 Å². The number of nitrogens with one attached hydrogen (secondary N) is 1. The largest absolute Gasteiger partial charge is 0.383 e. The minimum Gasteiger partial charge on any atom is -0.383 e. The van der Waals surface area contributed by atoms with Crippen molar-refractivity contribution in [2.24, 2.45) is 0 Å². The predicted octanol–water partition coefficient (Wildman–Crippen LogP) is 3.11. The average Bonchev–Trinajstić information content (AvgIpc) is 3.24. The Morgan fingerprint density at radius 3 is 2.81 bits per heavy atom. The molecule has 0 spiro atoms. The van der Waals surface area contributed by atoms with Crippen molar-refractivity contribution in [2.45, 2.75) is 33.4 Å². The third kappa shape index (κ3) is 3.12. The molecule has 0 saturated heterocycles. The molecule has 4 aromatic heterocycles. The van der Waals surface area contributed by atoms with Crippen molar-refractivity contribution >= 4 is 16.9 Å². The number of aryl methyl sites for hydroxylation is 1. The van der Waals surface area contributed by atoms with Gasteiger partial charge in [-0.25, -0.2) is 4.98 Å². The number of anilines is 1. The van der Waals surface area contributed by atoms with E-state index in [0.717, 1.165) is 33.5 Å². The molecule has 27 heavy (non-hydrogen) atoms. The lowest BCUT2D eigenvalue weighted by molar-refractivity contribution is 0.532. The number of nitrogen functional groups attached to an aromatic ring is 1. The number of aromatic nitrogens is 5. The van der Waals surface area contributed by atoms with Gasteiger partial charge in [0, 0.05) is 29.6 Å². The van der Waals surface area contributed by atoms with Gasteiger partial charge in [-0.2, -0.15) is 5.10 Å². The molecule has 0 aliphatic carbocycles. The van der Waals surface area contributed by atoms with Gasteiger partial charge in [0.05, 0.1) is 29.5 Å². The first-order valence-corrected chi connectivity index (χ1v) is 8.91. The van der Waals surface area contributed by atoms with Gasteiger partial charge < -0.3 is 15.3 Å². The van der Waals surface area contributed by atoms with Crippen LogP contribution in [0.2, 0.25) is 0 Å². The first-order chi connectivity index (χ1) is 12.9. The summed E-state index contributed by atoms with van der Waals surface area (Å²) in [5.41, 5.74) is 11.1. The first kappa shape index (κ1) is 17.1. The molecule has 0 fully saturated rings. The van der Waals surface area contributed by atoms with Crippen LogP contribution in [-0.4, -0.2) is 24.3 Å². The molecule has 0 bridgehead atoms. The van der Waals surface area contributed by atoms with E-state index in [1.807, 2.05) is 36.0 Å². The van der Waals surface area contributed by atoms with Crippen molar-refractivity contribution in [2.75, 3.05) is 5.73 Å². The standard InChI is InChI=1S/C20H22N6O/c1-12(2)26-10-14(9-22-26)18-5-4-6-19(27)25(18)11-15-8-17-16(23-15)7-13(3)20(21)24-17/h4-10,12,23H,11H2,1-3H3,(H2,21,24). The molecule has 7 heteroatoms. The number of aromatic amines is 1. The van der Waals surface area contributed by atoms with Gasteiger partial charge in [-0.15, -0.1) is 0 Å². The molecule has 0 aromatic carbocycles. The summed E-state index contributed by atoms with van der Waals surface area (Å²) in [6.45, 7) is 6.48. The summed E-state index contributed by atoms with van der Waals surface area (Å²) in [6, 6.07) is 9.45. The normalized spacial score (nSPS) is 11.6. The van der Waals surface area contributed by atoms with E-state index in [1.54, 1.807) is 22.9 Å². The zero-order valence-corrected chi connectivity index (χ0v) is 15.6. The molecule has 4 aromatic rings. The SMILES string of the molecule is Cc1cc2[nH]c(Cn3c(-c4cnn(C(C)C)c4)cccc3=O)cc2nc1N. The molecule has 0 unspecified atom stereocenters. The lowest BCUT2D eigenvalue weighted by Crippen LogP contribution is -2.21. The zero-order chi connectivity index (χ0) is 19.1. The van der Waals surface area contributed by atoms with Gasteiger partial charge in [0.2, 0.25) is 0 Å². The van der Waals surface area contributed by atoms with E-state index in [9.17, 15) is 4.79 Å². The van der Waals surface area contributed by atoms with Gasteiger partial charge in [0.25, 0.3) is 5.56 Å². The maximum absolute atomic E-state index is 12.6. The number of hydrogen-bond acceptors (Lipinski definition) is 4. The van der Waals surface area contributed by atoms with E-state index in [-0.39, 0.29) is 11.6 Å². The minimum absolute atomic E-state index is 0.0629. The second-order valence-electron chi connectivity index (χ2n) is 7.06. The highest BCUT2D eigenvalue weighted by Crippen LogP contribution is 2.22. The van der Waals surface area contributed by atoms with Gasteiger partial charge in [0.15, 0.2) is 0 Å². The predicted molar refractivity (Wildman–Crippen MR) is 107 cm³/mol. The number of fused-ring (bicyclic) bond motifs is 1. The maximum Gasteiger partial charge on any atom is 0.251 e. The molecule has 0 atom stereocenters. The number of nitrogens with two attached hydrogens (primary N) is 1. The van der Waals surface area contributed by atoms with Crippen LogP contribution in [0.5, 0.6) is 0 Å². The smallest absolute Gasteiger partial charge is 0.251 e. The van der Waals surface area contributed by atoms with E-state index in [4.69, 9.17) is 5.73 Å². The first-order valence-electron chi connectivity index (χ1n) is 8.91. The molecule has 0 aliphatic heterocycles.